The summed E-state index contributed by atoms with van der Waals surface area (Å²) in [5.74, 6) is 0.434. The van der Waals surface area contributed by atoms with Crippen LogP contribution in [0.25, 0.3) is 0 Å². The second-order valence-corrected chi connectivity index (χ2v) is 6.20. The van der Waals surface area contributed by atoms with Crippen LogP contribution in [0.15, 0.2) is 0 Å². The molecule has 1 amide bonds. The van der Waals surface area contributed by atoms with Gasteiger partial charge < -0.3 is 14.9 Å². The van der Waals surface area contributed by atoms with Crippen LogP contribution in [0.2, 0.25) is 0 Å². The van der Waals surface area contributed by atoms with E-state index >= 15 is 0 Å². The van der Waals surface area contributed by atoms with Crippen molar-refractivity contribution in [3.05, 3.63) is 10.6 Å². The summed E-state index contributed by atoms with van der Waals surface area (Å²) >= 11 is 1.45. The normalized spacial score (nSPS) is 16.7. The molecule has 0 aliphatic carbocycles. The molecule has 5 nitrogen and oxygen atoms in total. The number of carbonyl (C=O) groups is 1. The molecule has 1 saturated heterocycles. The monoisotopic (exact) mass is 283 g/mol. The summed E-state index contributed by atoms with van der Waals surface area (Å²) in [6, 6.07) is 0. The van der Waals surface area contributed by atoms with Crippen LogP contribution in [-0.2, 0) is 0 Å². The number of amides is 1. The van der Waals surface area contributed by atoms with E-state index in [1.165, 1.54) is 11.3 Å². The smallest absolute Gasteiger partial charge is 0.265 e. The Balaban J connectivity index is 2.08. The first-order valence-corrected chi connectivity index (χ1v) is 7.39. The van der Waals surface area contributed by atoms with E-state index in [0.717, 1.165) is 41.6 Å². The van der Waals surface area contributed by atoms with E-state index in [2.05, 4.69) is 4.98 Å². The van der Waals surface area contributed by atoms with Crippen LogP contribution in [-0.4, -0.2) is 54.7 Å². The summed E-state index contributed by atoms with van der Waals surface area (Å²) in [6.45, 7) is 3.58. The molecule has 0 unspecified atom stereocenters. The average Bonchev–Trinajstić information content (AvgIpc) is 2.80. The van der Waals surface area contributed by atoms with Crippen LogP contribution < -0.4 is 4.90 Å². The van der Waals surface area contributed by atoms with Gasteiger partial charge in [-0.1, -0.05) is 11.3 Å². The Bertz CT molecular complexity index is 451. The fourth-order valence-electron chi connectivity index (χ4n) is 2.23. The molecule has 1 aromatic rings. The standard InChI is InChI=1S/C13H21N3O2S/c1-9-11(19-13(14-9)15(2)3)12(18)16-6-4-10(8-17)5-7-16/h10,17H,4-8H2,1-3H3. The molecule has 0 aromatic carbocycles. The predicted molar refractivity (Wildman–Crippen MR) is 76.9 cm³/mol. The minimum atomic E-state index is 0.0829. The first-order valence-electron chi connectivity index (χ1n) is 6.57. The first kappa shape index (κ1) is 14.3. The lowest BCUT2D eigenvalue weighted by Gasteiger charge is -2.30. The zero-order valence-corrected chi connectivity index (χ0v) is 12.5. The highest BCUT2D eigenvalue weighted by atomic mass is 32.1. The lowest BCUT2D eigenvalue weighted by molar-refractivity contribution is 0.0654. The maximum absolute atomic E-state index is 12.5. The third-order valence-corrected chi connectivity index (χ3v) is 4.84. The highest BCUT2D eigenvalue weighted by Crippen LogP contribution is 2.27. The number of aryl methyl sites for hydroxylation is 1. The van der Waals surface area contributed by atoms with Crippen molar-refractivity contribution in [3.63, 3.8) is 0 Å². The van der Waals surface area contributed by atoms with Crippen LogP contribution in [0.5, 0.6) is 0 Å². The Morgan fingerprint density at radius 2 is 2.11 bits per heavy atom. The van der Waals surface area contributed by atoms with Gasteiger partial charge in [0.05, 0.1) is 5.69 Å². The van der Waals surface area contributed by atoms with Gasteiger partial charge in [0, 0.05) is 33.8 Å². The van der Waals surface area contributed by atoms with E-state index < -0.39 is 0 Å². The Morgan fingerprint density at radius 1 is 1.47 bits per heavy atom. The van der Waals surface area contributed by atoms with Crippen LogP contribution in [0, 0.1) is 12.8 Å². The van der Waals surface area contributed by atoms with Crippen molar-refractivity contribution in [1.29, 1.82) is 0 Å². The molecule has 0 spiro atoms. The number of rotatable bonds is 3. The maximum Gasteiger partial charge on any atom is 0.265 e. The highest BCUT2D eigenvalue weighted by molar-refractivity contribution is 7.17. The number of thiazole rings is 1. The second kappa shape index (κ2) is 5.88. The molecule has 1 fully saturated rings. The van der Waals surface area contributed by atoms with Gasteiger partial charge >= 0.3 is 0 Å². The number of hydrogen-bond donors (Lipinski definition) is 1. The Morgan fingerprint density at radius 3 is 2.58 bits per heavy atom. The molecule has 1 N–H and O–H groups in total. The average molecular weight is 283 g/mol. The second-order valence-electron chi connectivity index (χ2n) is 5.22. The van der Waals surface area contributed by atoms with Crippen molar-refractivity contribution < 1.29 is 9.90 Å². The summed E-state index contributed by atoms with van der Waals surface area (Å²) in [6.07, 6.45) is 1.78. The fourth-order valence-corrected chi connectivity index (χ4v) is 3.19. The first-order chi connectivity index (χ1) is 9.02. The van der Waals surface area contributed by atoms with Gasteiger partial charge in [0.2, 0.25) is 0 Å². The van der Waals surface area contributed by atoms with Gasteiger partial charge in [-0.05, 0) is 25.7 Å². The van der Waals surface area contributed by atoms with E-state index in [1.807, 2.05) is 30.8 Å². The zero-order chi connectivity index (χ0) is 14.0. The number of aliphatic hydroxyl groups excluding tert-OH is 1. The molecule has 19 heavy (non-hydrogen) atoms. The molecule has 2 heterocycles. The number of carbonyl (C=O) groups excluding carboxylic acids is 1. The Kier molecular flexibility index (Phi) is 4.42. The van der Waals surface area contributed by atoms with Crippen LogP contribution in [0.1, 0.15) is 28.2 Å². The number of hydrogen-bond acceptors (Lipinski definition) is 5. The summed E-state index contributed by atoms with van der Waals surface area (Å²) in [5, 5.41) is 9.99. The minimum Gasteiger partial charge on any atom is -0.396 e. The van der Waals surface area contributed by atoms with Gasteiger partial charge in [-0.3, -0.25) is 4.79 Å². The van der Waals surface area contributed by atoms with Crippen LogP contribution in [0.3, 0.4) is 0 Å². The van der Waals surface area contributed by atoms with Gasteiger partial charge in [0.25, 0.3) is 5.91 Å². The SMILES string of the molecule is Cc1nc(N(C)C)sc1C(=O)N1CCC(CO)CC1. The summed E-state index contributed by atoms with van der Waals surface area (Å²) in [5.41, 5.74) is 0.808. The van der Waals surface area contributed by atoms with E-state index in [0.29, 0.717) is 5.92 Å². The van der Waals surface area contributed by atoms with Crippen molar-refractivity contribution in [2.45, 2.75) is 19.8 Å². The number of anilines is 1. The number of aromatic nitrogens is 1. The highest BCUT2D eigenvalue weighted by Gasteiger charge is 2.26. The molecule has 1 aromatic heterocycles. The summed E-state index contributed by atoms with van der Waals surface area (Å²) in [4.78, 5) is 21.4. The quantitative estimate of drug-likeness (QED) is 0.910. The van der Waals surface area contributed by atoms with Crippen molar-refractivity contribution in [3.8, 4) is 0 Å². The maximum atomic E-state index is 12.5. The molecule has 1 aliphatic rings. The van der Waals surface area contributed by atoms with Gasteiger partial charge in [0.1, 0.15) is 4.88 Å². The molecule has 2 rings (SSSR count). The molecule has 0 bridgehead atoms. The number of nitrogens with zero attached hydrogens (tertiary/aromatic N) is 3. The molecule has 6 heteroatoms. The van der Waals surface area contributed by atoms with Crippen molar-refractivity contribution in [1.82, 2.24) is 9.88 Å². The van der Waals surface area contributed by atoms with Crippen molar-refractivity contribution in [2.75, 3.05) is 38.7 Å². The number of aliphatic hydroxyl groups is 1. The third-order valence-electron chi connectivity index (χ3n) is 3.52. The molecule has 0 saturated carbocycles. The molecule has 1 aliphatic heterocycles. The van der Waals surface area contributed by atoms with Crippen molar-refractivity contribution in [2.24, 2.45) is 5.92 Å². The lowest BCUT2D eigenvalue weighted by Crippen LogP contribution is -2.39. The van der Waals surface area contributed by atoms with E-state index in [1.54, 1.807) is 0 Å². The van der Waals surface area contributed by atoms with Gasteiger partial charge in [-0.25, -0.2) is 4.98 Å². The van der Waals surface area contributed by atoms with Crippen LogP contribution in [0.4, 0.5) is 5.13 Å². The summed E-state index contributed by atoms with van der Waals surface area (Å²) < 4.78 is 0. The third kappa shape index (κ3) is 3.06. The minimum absolute atomic E-state index is 0.0829. The van der Waals surface area contributed by atoms with Gasteiger partial charge in [-0.15, -0.1) is 0 Å². The topological polar surface area (TPSA) is 56.7 Å². The largest absolute Gasteiger partial charge is 0.396 e. The molecular weight excluding hydrogens is 262 g/mol. The predicted octanol–water partition coefficient (Wildman–Crippen LogP) is 1.36. The Labute approximate surface area is 117 Å². The molecule has 0 radical (unpaired) electrons. The molecular formula is C13H21N3O2S. The van der Waals surface area contributed by atoms with E-state index in [-0.39, 0.29) is 12.5 Å². The van der Waals surface area contributed by atoms with E-state index in [4.69, 9.17) is 5.11 Å². The van der Waals surface area contributed by atoms with Crippen LogP contribution >= 0.6 is 11.3 Å². The Hall–Kier alpha value is -1.14. The van der Waals surface area contributed by atoms with Crippen molar-refractivity contribution >= 4 is 22.4 Å². The lowest BCUT2D eigenvalue weighted by atomic mass is 9.98. The molecule has 106 valence electrons. The number of likely N-dealkylation sites (tertiary alicyclic amines) is 1. The fraction of sp³-hybridized carbons (Fsp3) is 0.692. The summed E-state index contributed by atoms with van der Waals surface area (Å²) in [7, 11) is 3.86. The van der Waals surface area contributed by atoms with E-state index in [9.17, 15) is 4.79 Å². The van der Waals surface area contributed by atoms with Gasteiger partial charge in [0.15, 0.2) is 5.13 Å². The van der Waals surface area contributed by atoms with Gasteiger partial charge in [-0.2, -0.15) is 0 Å². The molecule has 0 atom stereocenters. The number of piperidine rings is 1. The zero-order valence-electron chi connectivity index (χ0n) is 11.7.